The number of hydrogen-bond acceptors (Lipinski definition) is 3. The Hall–Kier alpha value is -3.44. The molecule has 1 aliphatic heterocycles. The van der Waals surface area contributed by atoms with E-state index in [9.17, 15) is 9.18 Å². The third-order valence-corrected chi connectivity index (χ3v) is 6.01. The summed E-state index contributed by atoms with van der Waals surface area (Å²) in [6.07, 6.45) is 3.31. The van der Waals surface area contributed by atoms with E-state index in [-0.39, 0.29) is 11.7 Å². The molecule has 0 spiro atoms. The monoisotopic (exact) mass is 443 g/mol. The Kier molecular flexibility index (Phi) is 7.20. The molecule has 1 aliphatic rings. The first-order valence-corrected chi connectivity index (χ1v) is 11.3. The zero-order chi connectivity index (χ0) is 23.2. The second-order valence-corrected chi connectivity index (χ2v) is 8.67. The van der Waals surface area contributed by atoms with Gasteiger partial charge in [0.2, 0.25) is 0 Å². The van der Waals surface area contributed by atoms with Gasteiger partial charge in [0.05, 0.1) is 0 Å². The van der Waals surface area contributed by atoms with Crippen molar-refractivity contribution in [2.24, 2.45) is 0 Å². The number of benzene rings is 3. The standard InChI is InChI=1S/C28H30FN3O/c1-31(2)27-12-6-21(7-13-27)20-32-16-14-23(15-17-32)25-5-3-4-22(18-25)19-30-28(33)24-8-10-26(29)11-9-24/h3-14,18H,15-17,19-20H2,1-2H3,(H,30,33). The Bertz CT molecular complexity index is 1120. The summed E-state index contributed by atoms with van der Waals surface area (Å²) in [7, 11) is 4.11. The molecule has 3 aromatic rings. The largest absolute Gasteiger partial charge is 0.378 e. The molecule has 0 atom stereocenters. The van der Waals surface area contributed by atoms with Crippen LogP contribution in [0.1, 0.15) is 33.5 Å². The fourth-order valence-corrected chi connectivity index (χ4v) is 4.04. The molecular formula is C28H30FN3O. The molecule has 0 aliphatic carbocycles. The van der Waals surface area contributed by atoms with Gasteiger partial charge >= 0.3 is 0 Å². The fourth-order valence-electron chi connectivity index (χ4n) is 4.04. The van der Waals surface area contributed by atoms with Crippen molar-refractivity contribution in [3.8, 4) is 0 Å². The number of amides is 1. The summed E-state index contributed by atoms with van der Waals surface area (Å²) in [4.78, 5) is 16.9. The first kappa shape index (κ1) is 22.7. The molecule has 0 radical (unpaired) electrons. The highest BCUT2D eigenvalue weighted by Crippen LogP contribution is 2.24. The van der Waals surface area contributed by atoms with Crippen LogP contribution in [0.2, 0.25) is 0 Å². The fraction of sp³-hybridized carbons (Fsp3) is 0.250. The third-order valence-electron chi connectivity index (χ3n) is 6.01. The van der Waals surface area contributed by atoms with Crippen LogP contribution < -0.4 is 10.2 Å². The van der Waals surface area contributed by atoms with E-state index in [1.54, 1.807) is 0 Å². The lowest BCUT2D eigenvalue weighted by Crippen LogP contribution is -2.28. The summed E-state index contributed by atoms with van der Waals surface area (Å²) in [5, 5.41) is 2.92. The molecule has 0 fully saturated rings. The number of hydrogen-bond donors (Lipinski definition) is 1. The number of anilines is 1. The minimum atomic E-state index is -0.346. The van der Waals surface area contributed by atoms with Crippen molar-refractivity contribution in [3.63, 3.8) is 0 Å². The van der Waals surface area contributed by atoms with Gasteiger partial charge in [0, 0.05) is 51.5 Å². The maximum Gasteiger partial charge on any atom is 0.251 e. The first-order valence-electron chi connectivity index (χ1n) is 11.3. The van der Waals surface area contributed by atoms with Crippen LogP contribution in [-0.4, -0.2) is 38.0 Å². The van der Waals surface area contributed by atoms with Crippen molar-refractivity contribution in [2.75, 3.05) is 32.1 Å². The number of carbonyl (C=O) groups is 1. The molecule has 4 rings (SSSR count). The van der Waals surface area contributed by atoms with E-state index in [0.717, 1.165) is 31.6 Å². The molecule has 0 bridgehead atoms. The average molecular weight is 444 g/mol. The van der Waals surface area contributed by atoms with Gasteiger partial charge < -0.3 is 10.2 Å². The molecule has 0 saturated carbocycles. The van der Waals surface area contributed by atoms with Gasteiger partial charge in [-0.25, -0.2) is 4.39 Å². The van der Waals surface area contributed by atoms with Crippen LogP contribution in [0.3, 0.4) is 0 Å². The predicted octanol–water partition coefficient (Wildman–Crippen LogP) is 5.11. The maximum atomic E-state index is 13.1. The van der Waals surface area contributed by atoms with Crippen LogP contribution in [0.4, 0.5) is 10.1 Å². The number of nitrogens with zero attached hydrogens (tertiary/aromatic N) is 2. The highest BCUT2D eigenvalue weighted by atomic mass is 19.1. The van der Waals surface area contributed by atoms with E-state index < -0.39 is 0 Å². The molecule has 4 nitrogen and oxygen atoms in total. The van der Waals surface area contributed by atoms with Crippen molar-refractivity contribution in [3.05, 3.63) is 107 Å². The zero-order valence-corrected chi connectivity index (χ0v) is 19.2. The van der Waals surface area contributed by atoms with E-state index in [2.05, 4.69) is 71.7 Å². The Morgan fingerprint density at radius 1 is 1.00 bits per heavy atom. The number of halogens is 1. The van der Waals surface area contributed by atoms with Crippen molar-refractivity contribution in [1.82, 2.24) is 10.2 Å². The van der Waals surface area contributed by atoms with Gasteiger partial charge in [0.1, 0.15) is 5.82 Å². The maximum absolute atomic E-state index is 13.1. The van der Waals surface area contributed by atoms with E-state index >= 15 is 0 Å². The Labute approximate surface area is 195 Å². The van der Waals surface area contributed by atoms with Gasteiger partial charge in [0.25, 0.3) is 5.91 Å². The SMILES string of the molecule is CN(C)c1ccc(CN2CC=C(c3cccc(CNC(=O)c4ccc(F)cc4)c3)CC2)cc1. The zero-order valence-electron chi connectivity index (χ0n) is 19.2. The molecule has 170 valence electrons. The second kappa shape index (κ2) is 10.5. The molecule has 0 aromatic heterocycles. The average Bonchev–Trinajstić information content (AvgIpc) is 2.84. The Morgan fingerprint density at radius 2 is 1.76 bits per heavy atom. The first-order chi connectivity index (χ1) is 16.0. The van der Waals surface area contributed by atoms with Crippen molar-refractivity contribution in [2.45, 2.75) is 19.5 Å². The number of rotatable bonds is 7. The topological polar surface area (TPSA) is 35.6 Å². The highest BCUT2D eigenvalue weighted by Gasteiger charge is 2.14. The molecule has 3 aromatic carbocycles. The lowest BCUT2D eigenvalue weighted by Gasteiger charge is -2.27. The Morgan fingerprint density at radius 3 is 2.42 bits per heavy atom. The van der Waals surface area contributed by atoms with Gasteiger partial charge in [-0.2, -0.15) is 0 Å². The van der Waals surface area contributed by atoms with Crippen molar-refractivity contribution < 1.29 is 9.18 Å². The van der Waals surface area contributed by atoms with Crippen LogP contribution in [0.25, 0.3) is 5.57 Å². The molecule has 1 heterocycles. The Balaban J connectivity index is 1.33. The van der Waals surface area contributed by atoms with Gasteiger partial charge in [0.15, 0.2) is 0 Å². The summed E-state index contributed by atoms with van der Waals surface area (Å²) >= 11 is 0. The van der Waals surface area contributed by atoms with Gasteiger partial charge in [-0.3, -0.25) is 9.69 Å². The third kappa shape index (κ3) is 6.08. The molecule has 0 saturated heterocycles. The van der Waals surface area contributed by atoms with Crippen molar-refractivity contribution in [1.29, 1.82) is 0 Å². The lowest BCUT2D eigenvalue weighted by molar-refractivity contribution is 0.0951. The molecule has 33 heavy (non-hydrogen) atoms. The van der Waals surface area contributed by atoms with Crippen LogP contribution >= 0.6 is 0 Å². The molecule has 1 N–H and O–H groups in total. The van der Waals surface area contributed by atoms with Crippen LogP contribution in [0, 0.1) is 5.82 Å². The van der Waals surface area contributed by atoms with E-state index in [1.807, 2.05) is 12.1 Å². The smallest absolute Gasteiger partial charge is 0.251 e. The minimum absolute atomic E-state index is 0.202. The summed E-state index contributed by atoms with van der Waals surface area (Å²) < 4.78 is 13.1. The summed E-state index contributed by atoms with van der Waals surface area (Å²) in [6, 6.07) is 22.7. The summed E-state index contributed by atoms with van der Waals surface area (Å²) in [6.45, 7) is 3.34. The van der Waals surface area contributed by atoms with Gasteiger partial charge in [-0.1, -0.05) is 36.4 Å². The van der Waals surface area contributed by atoms with Crippen molar-refractivity contribution >= 4 is 17.2 Å². The predicted molar refractivity (Wildman–Crippen MR) is 133 cm³/mol. The van der Waals surface area contributed by atoms with E-state index in [0.29, 0.717) is 12.1 Å². The van der Waals surface area contributed by atoms with Crippen LogP contribution in [-0.2, 0) is 13.1 Å². The number of carbonyl (C=O) groups excluding carboxylic acids is 1. The van der Waals surface area contributed by atoms with E-state index in [1.165, 1.54) is 46.7 Å². The molecule has 1 amide bonds. The number of nitrogens with one attached hydrogen (secondary N) is 1. The van der Waals surface area contributed by atoms with E-state index in [4.69, 9.17) is 0 Å². The summed E-state index contributed by atoms with van der Waals surface area (Å²) in [5.74, 6) is -0.549. The lowest BCUT2D eigenvalue weighted by atomic mass is 9.97. The minimum Gasteiger partial charge on any atom is -0.378 e. The summed E-state index contributed by atoms with van der Waals surface area (Å²) in [5.41, 5.74) is 6.61. The van der Waals surface area contributed by atoms with Gasteiger partial charge in [-0.05, 0) is 71.1 Å². The molecule has 0 unspecified atom stereocenters. The highest BCUT2D eigenvalue weighted by molar-refractivity contribution is 5.94. The molecular weight excluding hydrogens is 413 g/mol. The van der Waals surface area contributed by atoms with Crippen LogP contribution in [0.15, 0.2) is 78.9 Å². The quantitative estimate of drug-likeness (QED) is 0.551. The molecule has 5 heteroatoms. The normalized spacial score (nSPS) is 14.0. The van der Waals surface area contributed by atoms with Gasteiger partial charge in [-0.15, -0.1) is 0 Å². The second-order valence-electron chi connectivity index (χ2n) is 8.67. The van der Waals surface area contributed by atoms with Crippen LogP contribution in [0.5, 0.6) is 0 Å².